The molecule has 0 aliphatic heterocycles. The number of nitrogens with one attached hydrogen (secondary N) is 2. The van der Waals surface area contributed by atoms with Gasteiger partial charge in [0.15, 0.2) is 0 Å². The number of aryl methyl sites for hydroxylation is 1. The van der Waals surface area contributed by atoms with Crippen LogP contribution in [0.1, 0.15) is 42.5 Å². The van der Waals surface area contributed by atoms with E-state index in [1.54, 1.807) is 6.20 Å². The summed E-state index contributed by atoms with van der Waals surface area (Å²) in [5.41, 5.74) is 0. The lowest BCUT2D eigenvalue weighted by Crippen LogP contribution is -2.45. The van der Waals surface area contributed by atoms with Crippen molar-refractivity contribution in [2.45, 2.75) is 57.8 Å². The zero-order valence-corrected chi connectivity index (χ0v) is 13.2. The molecule has 4 nitrogen and oxygen atoms in total. The molecule has 2 atom stereocenters. The molecule has 0 bridgehead atoms. The number of urea groups is 1. The van der Waals surface area contributed by atoms with Crippen molar-refractivity contribution in [3.05, 3.63) is 16.1 Å². The number of alkyl halides is 3. The minimum atomic E-state index is -4.17. The molecule has 0 radical (unpaired) electrons. The molecule has 2 N–H and O–H groups in total. The maximum atomic E-state index is 12.7. The summed E-state index contributed by atoms with van der Waals surface area (Å²) >= 11 is 1.52. The van der Waals surface area contributed by atoms with Crippen LogP contribution in [0.2, 0.25) is 0 Å². The van der Waals surface area contributed by atoms with Crippen molar-refractivity contribution in [1.82, 2.24) is 15.6 Å². The maximum absolute atomic E-state index is 12.7. The first-order chi connectivity index (χ1) is 10.4. The Labute approximate surface area is 131 Å². The van der Waals surface area contributed by atoms with Gasteiger partial charge in [-0.1, -0.05) is 13.3 Å². The van der Waals surface area contributed by atoms with E-state index in [0.717, 1.165) is 16.3 Å². The molecule has 22 heavy (non-hydrogen) atoms. The van der Waals surface area contributed by atoms with Gasteiger partial charge >= 0.3 is 12.2 Å². The van der Waals surface area contributed by atoms with Crippen LogP contribution in [0.25, 0.3) is 0 Å². The molecule has 1 aromatic heterocycles. The van der Waals surface area contributed by atoms with E-state index in [1.807, 2.05) is 6.92 Å². The predicted octanol–water partition coefficient (Wildman–Crippen LogP) is 3.63. The molecule has 0 spiro atoms. The van der Waals surface area contributed by atoms with Crippen LogP contribution in [0.5, 0.6) is 0 Å². The standard InChI is InChI=1S/C14H20F3N3OS/c1-2-11-7-18-12(22-11)8-19-13(21)20-10-5-3-4-9(6-10)14(15,16)17/h7,9-10H,2-6,8H2,1H3,(H2,19,20,21)/t9-,10+/m1/s1. The van der Waals surface area contributed by atoms with Gasteiger partial charge in [0.1, 0.15) is 5.01 Å². The molecule has 1 saturated carbocycles. The first-order valence-corrected chi connectivity index (χ1v) is 8.24. The molecule has 0 unspecified atom stereocenters. The number of hydrogen-bond acceptors (Lipinski definition) is 3. The van der Waals surface area contributed by atoms with Crippen molar-refractivity contribution in [3.8, 4) is 0 Å². The van der Waals surface area contributed by atoms with E-state index in [2.05, 4.69) is 15.6 Å². The van der Waals surface area contributed by atoms with E-state index in [0.29, 0.717) is 19.4 Å². The molecular formula is C14H20F3N3OS. The van der Waals surface area contributed by atoms with Crippen molar-refractivity contribution < 1.29 is 18.0 Å². The van der Waals surface area contributed by atoms with Crippen molar-refractivity contribution in [3.63, 3.8) is 0 Å². The van der Waals surface area contributed by atoms with Gasteiger partial charge in [0.25, 0.3) is 0 Å². The van der Waals surface area contributed by atoms with Gasteiger partial charge in [-0.25, -0.2) is 9.78 Å². The van der Waals surface area contributed by atoms with E-state index in [-0.39, 0.29) is 12.8 Å². The normalized spacial score (nSPS) is 22.4. The van der Waals surface area contributed by atoms with Gasteiger partial charge < -0.3 is 10.6 Å². The summed E-state index contributed by atoms with van der Waals surface area (Å²) in [4.78, 5) is 17.1. The average Bonchev–Trinajstić information content (AvgIpc) is 2.92. The number of amides is 2. The van der Waals surface area contributed by atoms with Gasteiger partial charge in [0, 0.05) is 17.1 Å². The number of aromatic nitrogens is 1. The largest absolute Gasteiger partial charge is 0.391 e. The summed E-state index contributed by atoms with van der Waals surface area (Å²) in [6.45, 7) is 2.32. The van der Waals surface area contributed by atoms with Crippen molar-refractivity contribution in [1.29, 1.82) is 0 Å². The molecule has 1 aliphatic rings. The Balaban J connectivity index is 1.76. The van der Waals surface area contributed by atoms with E-state index < -0.39 is 24.2 Å². The number of halogens is 3. The van der Waals surface area contributed by atoms with Crippen LogP contribution < -0.4 is 10.6 Å². The number of rotatable bonds is 4. The van der Waals surface area contributed by atoms with Gasteiger partial charge in [-0.2, -0.15) is 13.2 Å². The molecular weight excluding hydrogens is 315 g/mol. The minimum Gasteiger partial charge on any atom is -0.335 e. The van der Waals surface area contributed by atoms with E-state index >= 15 is 0 Å². The van der Waals surface area contributed by atoms with Crippen LogP contribution >= 0.6 is 11.3 Å². The summed E-state index contributed by atoms with van der Waals surface area (Å²) in [7, 11) is 0. The van der Waals surface area contributed by atoms with Crippen LogP contribution in [-0.2, 0) is 13.0 Å². The summed E-state index contributed by atoms with van der Waals surface area (Å²) in [6.07, 6.45) is -0.303. The van der Waals surface area contributed by atoms with Crippen LogP contribution in [0.15, 0.2) is 6.20 Å². The van der Waals surface area contributed by atoms with Gasteiger partial charge in [-0.3, -0.25) is 0 Å². The summed E-state index contributed by atoms with van der Waals surface area (Å²) in [5.74, 6) is -1.31. The zero-order valence-electron chi connectivity index (χ0n) is 12.4. The Hall–Kier alpha value is -1.31. The predicted molar refractivity (Wildman–Crippen MR) is 78.7 cm³/mol. The van der Waals surface area contributed by atoms with Gasteiger partial charge in [-0.05, 0) is 25.7 Å². The lowest BCUT2D eigenvalue weighted by molar-refractivity contribution is -0.183. The van der Waals surface area contributed by atoms with Gasteiger partial charge in [0.2, 0.25) is 0 Å². The highest BCUT2D eigenvalue weighted by molar-refractivity contribution is 7.11. The Morgan fingerprint density at radius 3 is 2.86 bits per heavy atom. The van der Waals surface area contributed by atoms with Gasteiger partial charge in [0.05, 0.1) is 12.5 Å². The Kier molecular flexibility index (Phi) is 5.66. The number of nitrogens with zero attached hydrogens (tertiary/aromatic N) is 1. The highest BCUT2D eigenvalue weighted by Crippen LogP contribution is 2.37. The molecule has 124 valence electrons. The van der Waals surface area contributed by atoms with E-state index in [1.165, 1.54) is 11.3 Å². The third-order valence-corrected chi connectivity index (χ3v) is 4.96. The molecule has 0 saturated heterocycles. The third-order valence-electron chi connectivity index (χ3n) is 3.82. The average molecular weight is 335 g/mol. The number of hydrogen-bond donors (Lipinski definition) is 2. The third kappa shape index (κ3) is 4.86. The van der Waals surface area contributed by atoms with Crippen molar-refractivity contribution in [2.75, 3.05) is 0 Å². The fraction of sp³-hybridized carbons (Fsp3) is 0.714. The fourth-order valence-corrected chi connectivity index (χ4v) is 3.41. The lowest BCUT2D eigenvalue weighted by atomic mass is 9.85. The molecule has 1 fully saturated rings. The number of carbonyl (C=O) groups excluding carboxylic acids is 1. The fourth-order valence-electron chi connectivity index (χ4n) is 2.60. The van der Waals surface area contributed by atoms with Crippen LogP contribution in [0.4, 0.5) is 18.0 Å². The van der Waals surface area contributed by atoms with Crippen molar-refractivity contribution >= 4 is 17.4 Å². The summed E-state index contributed by atoms with van der Waals surface area (Å²) in [6, 6.07) is -0.844. The van der Waals surface area contributed by atoms with Crippen LogP contribution in [0, 0.1) is 5.92 Å². The molecule has 2 rings (SSSR count). The summed E-state index contributed by atoms with van der Waals surface area (Å²) in [5, 5.41) is 6.09. The molecule has 1 heterocycles. The highest BCUT2D eigenvalue weighted by Gasteiger charge is 2.42. The van der Waals surface area contributed by atoms with Gasteiger partial charge in [-0.15, -0.1) is 11.3 Å². The molecule has 1 aromatic rings. The lowest BCUT2D eigenvalue weighted by Gasteiger charge is -2.30. The minimum absolute atomic E-state index is 0.0336. The monoisotopic (exact) mass is 335 g/mol. The number of thiazole rings is 1. The quantitative estimate of drug-likeness (QED) is 0.883. The Morgan fingerprint density at radius 2 is 2.23 bits per heavy atom. The molecule has 8 heteroatoms. The molecule has 2 amide bonds. The number of carbonyl (C=O) groups is 1. The molecule has 1 aliphatic carbocycles. The van der Waals surface area contributed by atoms with E-state index in [4.69, 9.17) is 0 Å². The maximum Gasteiger partial charge on any atom is 0.391 e. The first kappa shape index (κ1) is 17.1. The van der Waals surface area contributed by atoms with Crippen molar-refractivity contribution in [2.24, 2.45) is 5.92 Å². The summed E-state index contributed by atoms with van der Waals surface area (Å²) < 4.78 is 38.2. The van der Waals surface area contributed by atoms with Crippen LogP contribution in [-0.4, -0.2) is 23.2 Å². The Morgan fingerprint density at radius 1 is 1.45 bits per heavy atom. The SMILES string of the molecule is CCc1cnc(CNC(=O)N[C@H]2CCC[C@@H](C(F)(F)F)C2)s1. The highest BCUT2D eigenvalue weighted by atomic mass is 32.1. The second-order valence-electron chi connectivity index (χ2n) is 5.50. The second kappa shape index (κ2) is 7.30. The first-order valence-electron chi connectivity index (χ1n) is 7.43. The zero-order chi connectivity index (χ0) is 16.2. The molecule has 0 aromatic carbocycles. The van der Waals surface area contributed by atoms with Crippen LogP contribution in [0.3, 0.4) is 0 Å². The Bertz CT molecular complexity index is 504. The smallest absolute Gasteiger partial charge is 0.335 e. The van der Waals surface area contributed by atoms with E-state index in [9.17, 15) is 18.0 Å². The second-order valence-corrected chi connectivity index (χ2v) is 6.70. The topological polar surface area (TPSA) is 54.0 Å².